The number of fused-ring (bicyclic) bond motifs is 2. The van der Waals surface area contributed by atoms with E-state index in [4.69, 9.17) is 6.57 Å². The van der Waals surface area contributed by atoms with Crippen LogP contribution in [-0.2, 0) is 0 Å². The molecule has 1 heterocycles. The second-order valence-electron chi connectivity index (χ2n) is 7.00. The summed E-state index contributed by atoms with van der Waals surface area (Å²) in [4.78, 5) is 5.73. The van der Waals surface area contributed by atoms with Crippen molar-refractivity contribution in [3.63, 3.8) is 0 Å². The van der Waals surface area contributed by atoms with Crippen molar-refractivity contribution in [2.24, 2.45) is 0 Å². The zero-order valence-corrected chi connectivity index (χ0v) is 16.0. The van der Waals surface area contributed by atoms with Crippen LogP contribution in [0.5, 0.6) is 0 Å². The van der Waals surface area contributed by atoms with Crippen LogP contribution in [0.25, 0.3) is 16.0 Å². The molecule has 0 fully saturated rings. The van der Waals surface area contributed by atoms with E-state index in [9.17, 15) is 5.26 Å². The van der Waals surface area contributed by atoms with E-state index in [0.29, 0.717) is 11.3 Å². The highest BCUT2D eigenvalue weighted by Gasteiger charge is 2.23. The summed E-state index contributed by atoms with van der Waals surface area (Å²) < 4.78 is 0. The van der Waals surface area contributed by atoms with Gasteiger partial charge in [-0.1, -0.05) is 48.5 Å². The molecule has 0 spiro atoms. The number of hydrogen-bond acceptors (Lipinski definition) is 3. The molecule has 1 N–H and O–H groups in total. The quantitative estimate of drug-likeness (QED) is 0.325. The van der Waals surface area contributed by atoms with Crippen LogP contribution in [0.4, 0.5) is 34.1 Å². The number of nitrogens with one attached hydrogen (secondary N) is 1. The summed E-state index contributed by atoms with van der Waals surface area (Å²) in [6, 6.07) is 32.0. The highest BCUT2D eigenvalue weighted by molar-refractivity contribution is 5.96. The van der Waals surface area contributed by atoms with Gasteiger partial charge in [-0.3, -0.25) is 0 Å². The summed E-state index contributed by atoms with van der Waals surface area (Å²) in [7, 11) is 0. The number of hydrogen-bond donors (Lipinski definition) is 1. The molecule has 0 saturated heterocycles. The molecule has 4 aromatic carbocycles. The highest BCUT2D eigenvalue weighted by atomic mass is 15.2. The molecule has 0 aromatic heterocycles. The zero-order chi connectivity index (χ0) is 20.5. The summed E-state index contributed by atoms with van der Waals surface area (Å²) >= 11 is 0. The summed E-state index contributed by atoms with van der Waals surface area (Å²) in [5, 5.41) is 13.0. The molecule has 4 nitrogen and oxygen atoms in total. The Morgan fingerprint density at radius 2 is 1.43 bits per heavy atom. The average Bonchev–Trinajstić information content (AvgIpc) is 2.82. The Bertz CT molecular complexity index is 1300. The first-order valence-electron chi connectivity index (χ1n) is 9.56. The number of para-hydroxylation sites is 4. The number of rotatable bonds is 2. The predicted octanol–water partition coefficient (Wildman–Crippen LogP) is 7.30. The third-order valence-electron chi connectivity index (χ3n) is 5.25. The van der Waals surface area contributed by atoms with Gasteiger partial charge in [0.05, 0.1) is 41.0 Å². The fourth-order valence-electron chi connectivity index (χ4n) is 3.83. The number of nitrogens with zero attached hydrogens (tertiary/aromatic N) is 3. The minimum absolute atomic E-state index is 0.526. The maximum absolute atomic E-state index is 9.48. The van der Waals surface area contributed by atoms with Crippen LogP contribution in [0.15, 0.2) is 91.0 Å². The van der Waals surface area contributed by atoms with Crippen LogP contribution in [0.1, 0.15) is 5.56 Å². The average molecular weight is 384 g/mol. The second kappa shape index (κ2) is 7.13. The van der Waals surface area contributed by atoms with Crippen molar-refractivity contribution in [1.82, 2.24) is 0 Å². The molecule has 0 amide bonds. The van der Waals surface area contributed by atoms with Crippen LogP contribution in [0.3, 0.4) is 0 Å². The Morgan fingerprint density at radius 3 is 2.03 bits per heavy atom. The van der Waals surface area contributed by atoms with E-state index in [2.05, 4.69) is 57.5 Å². The molecule has 30 heavy (non-hydrogen) atoms. The van der Waals surface area contributed by atoms with Crippen LogP contribution < -0.4 is 10.2 Å². The summed E-state index contributed by atoms with van der Waals surface area (Å²) in [5.74, 6) is 0. The Labute approximate surface area is 175 Å². The smallest absolute Gasteiger partial charge is 0.187 e. The maximum atomic E-state index is 9.48. The Morgan fingerprint density at radius 1 is 0.800 bits per heavy atom. The third kappa shape index (κ3) is 2.85. The number of nitriles is 1. The van der Waals surface area contributed by atoms with Crippen molar-refractivity contribution in [3.05, 3.63) is 108 Å². The van der Waals surface area contributed by atoms with Gasteiger partial charge in [0, 0.05) is 5.69 Å². The van der Waals surface area contributed by atoms with Crippen molar-refractivity contribution < 1.29 is 0 Å². The first-order valence-corrected chi connectivity index (χ1v) is 9.56. The minimum Gasteiger partial charge on any atom is -0.352 e. The van der Waals surface area contributed by atoms with Gasteiger partial charge >= 0.3 is 0 Å². The predicted molar refractivity (Wildman–Crippen MR) is 121 cm³/mol. The van der Waals surface area contributed by atoms with E-state index in [0.717, 1.165) is 39.6 Å². The Kier molecular flexibility index (Phi) is 4.17. The fraction of sp³-hybridized carbons (Fsp3) is 0. The SMILES string of the molecule is [C-]#[N+]c1ccc(C#N)c(-c2ccc(N3c4ccccc4Nc4ccccc43)cc2)c1. The van der Waals surface area contributed by atoms with Crippen molar-refractivity contribution in [2.75, 3.05) is 10.2 Å². The Balaban J connectivity index is 1.62. The molecular formula is C26H16N4. The van der Waals surface area contributed by atoms with Gasteiger partial charge in [-0.2, -0.15) is 5.26 Å². The van der Waals surface area contributed by atoms with Crippen LogP contribution in [0, 0.1) is 17.9 Å². The molecule has 1 aliphatic heterocycles. The van der Waals surface area contributed by atoms with Crippen molar-refractivity contribution >= 4 is 34.1 Å². The van der Waals surface area contributed by atoms with Crippen LogP contribution in [-0.4, -0.2) is 0 Å². The highest BCUT2D eigenvalue weighted by Crippen LogP contribution is 2.47. The van der Waals surface area contributed by atoms with E-state index >= 15 is 0 Å². The van der Waals surface area contributed by atoms with E-state index in [1.54, 1.807) is 18.2 Å². The van der Waals surface area contributed by atoms with Gasteiger partial charge in [-0.15, -0.1) is 0 Å². The maximum Gasteiger partial charge on any atom is 0.187 e. The summed E-state index contributed by atoms with van der Waals surface area (Å²) in [6.07, 6.45) is 0. The molecule has 0 atom stereocenters. The van der Waals surface area contributed by atoms with E-state index in [1.165, 1.54) is 0 Å². The van der Waals surface area contributed by atoms with Gasteiger partial charge in [-0.05, 0) is 53.6 Å². The first kappa shape index (κ1) is 17.6. The van der Waals surface area contributed by atoms with E-state index < -0.39 is 0 Å². The second-order valence-corrected chi connectivity index (χ2v) is 7.00. The van der Waals surface area contributed by atoms with Gasteiger partial charge in [0.15, 0.2) is 5.69 Å². The molecule has 0 saturated carbocycles. The zero-order valence-electron chi connectivity index (χ0n) is 16.0. The van der Waals surface area contributed by atoms with Crippen molar-refractivity contribution in [3.8, 4) is 17.2 Å². The lowest BCUT2D eigenvalue weighted by Gasteiger charge is -2.34. The topological polar surface area (TPSA) is 43.4 Å². The molecular weight excluding hydrogens is 368 g/mol. The number of anilines is 5. The van der Waals surface area contributed by atoms with Gasteiger partial charge in [0.2, 0.25) is 0 Å². The normalized spacial score (nSPS) is 11.5. The van der Waals surface area contributed by atoms with Gasteiger partial charge < -0.3 is 10.2 Å². The first-order chi connectivity index (χ1) is 14.8. The summed E-state index contributed by atoms with van der Waals surface area (Å²) in [6.45, 7) is 7.27. The molecule has 1 aliphatic rings. The molecule has 4 heteroatoms. The van der Waals surface area contributed by atoms with E-state index in [-0.39, 0.29) is 0 Å². The van der Waals surface area contributed by atoms with Crippen LogP contribution >= 0.6 is 0 Å². The standard InChI is InChI=1S/C26H16N4/c1-28-20-13-10-19(17-27)22(16-20)18-11-14-21(15-12-18)30-25-8-4-2-6-23(25)29-24-7-3-5-9-26(24)30/h2-16,29H. The van der Waals surface area contributed by atoms with Gasteiger partial charge in [-0.25, -0.2) is 4.85 Å². The molecule has 0 unspecified atom stereocenters. The largest absolute Gasteiger partial charge is 0.352 e. The lowest BCUT2D eigenvalue weighted by atomic mass is 9.99. The van der Waals surface area contributed by atoms with Crippen LogP contribution in [0.2, 0.25) is 0 Å². The summed E-state index contributed by atoms with van der Waals surface area (Å²) in [5.41, 5.74) is 8.07. The molecule has 0 aliphatic carbocycles. The molecule has 4 aromatic rings. The van der Waals surface area contributed by atoms with Crippen molar-refractivity contribution in [1.29, 1.82) is 5.26 Å². The van der Waals surface area contributed by atoms with Gasteiger partial charge in [0.25, 0.3) is 0 Å². The fourth-order valence-corrected chi connectivity index (χ4v) is 3.83. The Hall–Kier alpha value is -4.54. The lowest BCUT2D eigenvalue weighted by molar-refractivity contribution is 1.25. The molecule has 0 radical (unpaired) electrons. The minimum atomic E-state index is 0.526. The monoisotopic (exact) mass is 384 g/mol. The molecule has 0 bridgehead atoms. The molecule has 140 valence electrons. The van der Waals surface area contributed by atoms with Crippen molar-refractivity contribution in [2.45, 2.75) is 0 Å². The lowest BCUT2D eigenvalue weighted by Crippen LogP contribution is -2.17. The number of benzene rings is 4. The van der Waals surface area contributed by atoms with E-state index in [1.807, 2.05) is 36.4 Å². The molecule has 5 rings (SSSR count). The third-order valence-corrected chi connectivity index (χ3v) is 5.25. The van der Waals surface area contributed by atoms with Gasteiger partial charge in [0.1, 0.15) is 0 Å².